The molecule has 0 fully saturated rings. The van der Waals surface area contributed by atoms with Crippen LogP contribution in [0.3, 0.4) is 0 Å². The van der Waals surface area contributed by atoms with Gasteiger partial charge in [0.25, 0.3) is 0 Å². The van der Waals surface area contributed by atoms with Crippen molar-refractivity contribution in [3.8, 4) is 0 Å². The van der Waals surface area contributed by atoms with Gasteiger partial charge in [0.05, 0.1) is 11.0 Å². The summed E-state index contributed by atoms with van der Waals surface area (Å²) in [4.78, 5) is 10.0. The Morgan fingerprint density at radius 2 is 1.34 bits per heavy atom. The predicted octanol–water partition coefficient (Wildman–Crippen LogP) is 8.40. The Balaban J connectivity index is 2.45. The molecule has 1 aromatic carbocycles. The average Bonchev–Trinajstić information content (AvgIpc) is 2.82. The Morgan fingerprint density at radius 3 is 1.88 bits per heavy atom. The number of benzene rings is 1. The second kappa shape index (κ2) is 9.57. The van der Waals surface area contributed by atoms with Gasteiger partial charge in [0.15, 0.2) is 0 Å². The lowest BCUT2D eigenvalue weighted by atomic mass is 9.77. The van der Waals surface area contributed by atoms with Gasteiger partial charge in [-0.15, -0.1) is 13.2 Å². The smallest absolute Gasteiger partial charge is 0.0967 e. The second-order valence-electron chi connectivity index (χ2n) is 10.0. The summed E-state index contributed by atoms with van der Waals surface area (Å²) in [5.41, 5.74) is 7.58. The van der Waals surface area contributed by atoms with Gasteiger partial charge in [-0.2, -0.15) is 0 Å². The van der Waals surface area contributed by atoms with Gasteiger partial charge in [-0.3, -0.25) is 9.97 Å². The fourth-order valence-corrected chi connectivity index (χ4v) is 4.56. The third-order valence-electron chi connectivity index (χ3n) is 7.88. The van der Waals surface area contributed by atoms with Crippen LogP contribution in [0, 0.1) is 0 Å². The van der Waals surface area contributed by atoms with Gasteiger partial charge >= 0.3 is 0 Å². The third-order valence-corrected chi connectivity index (χ3v) is 7.88. The summed E-state index contributed by atoms with van der Waals surface area (Å²) in [6.45, 7) is 21.8. The van der Waals surface area contributed by atoms with Gasteiger partial charge in [-0.25, -0.2) is 0 Å². The number of aromatic nitrogens is 2. The second-order valence-corrected chi connectivity index (χ2v) is 10.0. The molecule has 0 aliphatic heterocycles. The molecule has 0 unspecified atom stereocenters. The molecule has 0 atom stereocenters. The van der Waals surface area contributed by atoms with Crippen LogP contribution in [0.25, 0.3) is 21.8 Å². The largest absolute Gasteiger partial charge is 0.254 e. The van der Waals surface area contributed by atoms with E-state index in [1.54, 1.807) is 0 Å². The molecule has 2 heteroatoms. The van der Waals surface area contributed by atoms with Crippen molar-refractivity contribution < 1.29 is 0 Å². The van der Waals surface area contributed by atoms with Crippen molar-refractivity contribution in [2.75, 3.05) is 0 Å². The van der Waals surface area contributed by atoms with Crippen molar-refractivity contribution in [2.24, 2.45) is 0 Å². The highest BCUT2D eigenvalue weighted by Gasteiger charge is 2.26. The maximum Gasteiger partial charge on any atom is 0.0967 e. The zero-order valence-electron chi connectivity index (χ0n) is 21.0. The zero-order chi connectivity index (χ0) is 23.5. The molecular formula is C30H40N2. The molecule has 3 aromatic rings. The summed E-state index contributed by atoms with van der Waals surface area (Å²) in [5.74, 6) is 0. The number of hydrogen-bond donors (Lipinski definition) is 0. The van der Waals surface area contributed by atoms with Crippen molar-refractivity contribution in [3.63, 3.8) is 0 Å². The van der Waals surface area contributed by atoms with Crippen LogP contribution in [-0.4, -0.2) is 9.97 Å². The quantitative estimate of drug-likeness (QED) is 0.239. The van der Waals surface area contributed by atoms with Gasteiger partial charge in [-0.1, -0.05) is 53.7 Å². The first-order chi connectivity index (χ1) is 15.3. The minimum atomic E-state index is 0.0891. The summed E-state index contributed by atoms with van der Waals surface area (Å²) < 4.78 is 0. The molecule has 2 nitrogen and oxygen atoms in total. The van der Waals surface area contributed by atoms with Crippen molar-refractivity contribution >= 4 is 21.8 Å². The van der Waals surface area contributed by atoms with Gasteiger partial charge in [-0.05, 0) is 83.7 Å². The van der Waals surface area contributed by atoms with Crippen molar-refractivity contribution in [3.05, 3.63) is 72.1 Å². The van der Waals surface area contributed by atoms with Gasteiger partial charge < -0.3 is 0 Å². The van der Waals surface area contributed by atoms with Crippen molar-refractivity contribution in [1.29, 1.82) is 0 Å². The van der Waals surface area contributed by atoms with E-state index < -0.39 is 0 Å². The Morgan fingerprint density at radius 1 is 0.781 bits per heavy atom. The Labute approximate surface area is 194 Å². The minimum absolute atomic E-state index is 0.0891. The molecule has 0 aliphatic carbocycles. The summed E-state index contributed by atoms with van der Waals surface area (Å²) in [6, 6.07) is 4.75. The molecule has 0 aliphatic rings. The number of aryl methyl sites for hydroxylation is 1. The predicted molar refractivity (Wildman–Crippen MR) is 141 cm³/mol. The van der Waals surface area contributed by atoms with Crippen LogP contribution in [0.4, 0.5) is 0 Å². The first kappa shape index (κ1) is 24.2. The Hall–Kier alpha value is -2.48. The van der Waals surface area contributed by atoms with E-state index in [4.69, 9.17) is 9.97 Å². The summed E-state index contributed by atoms with van der Waals surface area (Å²) >= 11 is 0. The molecule has 3 rings (SSSR count). The first-order valence-corrected chi connectivity index (χ1v) is 12.2. The molecule has 32 heavy (non-hydrogen) atoms. The van der Waals surface area contributed by atoms with E-state index in [0.29, 0.717) is 0 Å². The normalized spacial score (nSPS) is 12.4. The molecule has 2 aromatic heterocycles. The fourth-order valence-electron chi connectivity index (χ4n) is 4.56. The van der Waals surface area contributed by atoms with Crippen LogP contribution in [0.5, 0.6) is 0 Å². The standard InChI is InChI=1S/C30H40N2/c1-9-14-16-24-23(15-10-2)26-18-22(30(8,12-4)13-5)20-32-28(26)27-25(24)17-21(19-31-27)29(6,7)11-3/h9-10,17-20H,1-2,11-16H2,3-8H3. The number of fused-ring (bicyclic) bond motifs is 3. The summed E-state index contributed by atoms with van der Waals surface area (Å²) in [6.07, 6.45) is 14.2. The lowest BCUT2D eigenvalue weighted by Crippen LogP contribution is -2.20. The minimum Gasteiger partial charge on any atom is -0.254 e. The van der Waals surface area contributed by atoms with E-state index >= 15 is 0 Å². The molecule has 0 radical (unpaired) electrons. The molecule has 0 spiro atoms. The zero-order valence-corrected chi connectivity index (χ0v) is 21.0. The molecule has 0 bridgehead atoms. The lowest BCUT2D eigenvalue weighted by Gasteiger charge is -2.28. The number of nitrogens with zero attached hydrogens (tertiary/aromatic N) is 2. The number of allylic oxidation sites excluding steroid dienone is 2. The maximum atomic E-state index is 5.03. The highest BCUT2D eigenvalue weighted by molar-refractivity contribution is 6.07. The van der Waals surface area contributed by atoms with Gasteiger partial charge in [0.1, 0.15) is 0 Å². The van der Waals surface area contributed by atoms with Crippen LogP contribution in [0.15, 0.2) is 49.8 Å². The topological polar surface area (TPSA) is 25.8 Å². The summed E-state index contributed by atoms with van der Waals surface area (Å²) in [5, 5.41) is 2.47. The maximum absolute atomic E-state index is 5.03. The number of rotatable bonds is 10. The average molecular weight is 429 g/mol. The van der Waals surface area contributed by atoms with E-state index in [1.165, 1.54) is 33.0 Å². The van der Waals surface area contributed by atoms with E-state index in [-0.39, 0.29) is 10.8 Å². The van der Waals surface area contributed by atoms with E-state index in [2.05, 4.69) is 79.2 Å². The van der Waals surface area contributed by atoms with E-state index in [1.807, 2.05) is 12.2 Å². The Kier molecular flexibility index (Phi) is 7.22. The van der Waals surface area contributed by atoms with Crippen molar-refractivity contribution in [1.82, 2.24) is 9.97 Å². The van der Waals surface area contributed by atoms with Crippen LogP contribution < -0.4 is 0 Å². The molecule has 0 saturated heterocycles. The highest BCUT2D eigenvalue weighted by atomic mass is 14.7. The molecule has 170 valence electrons. The van der Waals surface area contributed by atoms with Crippen LogP contribution in [0.1, 0.15) is 89.5 Å². The molecule has 2 heterocycles. The van der Waals surface area contributed by atoms with Crippen LogP contribution in [0.2, 0.25) is 0 Å². The SMILES string of the molecule is C=CCCc1c(CC=C)c2cc(C(C)(CC)CC)cnc2c2ncc(C(C)(C)CC)cc12. The highest BCUT2D eigenvalue weighted by Crippen LogP contribution is 2.38. The van der Waals surface area contributed by atoms with Crippen LogP contribution in [-0.2, 0) is 23.7 Å². The fraction of sp³-hybridized carbons (Fsp3) is 0.467. The van der Waals surface area contributed by atoms with Crippen molar-refractivity contribution in [2.45, 2.75) is 90.9 Å². The monoisotopic (exact) mass is 428 g/mol. The molecule has 0 saturated carbocycles. The lowest BCUT2D eigenvalue weighted by molar-refractivity contribution is 0.438. The molecular weight excluding hydrogens is 388 g/mol. The molecule has 0 amide bonds. The number of hydrogen-bond acceptors (Lipinski definition) is 2. The van der Waals surface area contributed by atoms with Gasteiger partial charge in [0, 0.05) is 23.2 Å². The van der Waals surface area contributed by atoms with Gasteiger partial charge in [0.2, 0.25) is 0 Å². The van der Waals surface area contributed by atoms with E-state index in [9.17, 15) is 0 Å². The number of pyridine rings is 2. The third kappa shape index (κ3) is 4.25. The summed E-state index contributed by atoms with van der Waals surface area (Å²) in [7, 11) is 0. The van der Waals surface area contributed by atoms with Crippen LogP contribution >= 0.6 is 0 Å². The first-order valence-electron chi connectivity index (χ1n) is 12.2. The van der Waals surface area contributed by atoms with E-state index in [0.717, 1.165) is 49.6 Å². The Bertz CT molecular complexity index is 1130. The molecule has 0 N–H and O–H groups in total.